The number of nitrogens with one attached hydrogen (secondary N) is 2. The van der Waals surface area contributed by atoms with E-state index in [1.54, 1.807) is 43.4 Å². The molecule has 19 heavy (non-hydrogen) atoms. The third-order valence-electron chi connectivity index (χ3n) is 2.76. The van der Waals surface area contributed by atoms with Gasteiger partial charge in [0.25, 0.3) is 10.0 Å². The summed E-state index contributed by atoms with van der Waals surface area (Å²) >= 11 is 0. The molecule has 2 N–H and O–H groups in total. The summed E-state index contributed by atoms with van der Waals surface area (Å²) in [6, 6.07) is 13.8. The maximum absolute atomic E-state index is 12.2. The minimum atomic E-state index is -3.53. The molecule has 2 aromatic carbocycles. The van der Waals surface area contributed by atoms with Crippen molar-refractivity contribution in [3.05, 3.63) is 54.1 Å². The maximum Gasteiger partial charge on any atom is 0.261 e. The molecule has 0 atom stereocenters. The Labute approximate surface area is 113 Å². The lowest BCUT2D eigenvalue weighted by Gasteiger charge is -2.09. The van der Waals surface area contributed by atoms with Gasteiger partial charge in [-0.3, -0.25) is 4.72 Å². The molecule has 0 fully saturated rings. The van der Waals surface area contributed by atoms with Crippen molar-refractivity contribution in [3.63, 3.8) is 0 Å². The van der Waals surface area contributed by atoms with Gasteiger partial charge in [0.2, 0.25) is 0 Å². The molecule has 0 aliphatic rings. The summed E-state index contributed by atoms with van der Waals surface area (Å²) < 4.78 is 26.9. The standard InChI is InChI=1S/C14H16N2O2S/c1-11-3-5-13(6-4-11)16-19(17,18)14-9-7-12(15-2)8-10-14/h3-10,15-16H,1-2H3. The Bertz CT molecular complexity index is 647. The highest BCUT2D eigenvalue weighted by Gasteiger charge is 2.13. The fraction of sp³-hybridized carbons (Fsp3) is 0.143. The first-order valence-electron chi connectivity index (χ1n) is 5.88. The van der Waals surface area contributed by atoms with Crippen molar-refractivity contribution in [2.45, 2.75) is 11.8 Å². The highest BCUT2D eigenvalue weighted by molar-refractivity contribution is 7.92. The smallest absolute Gasteiger partial charge is 0.261 e. The maximum atomic E-state index is 12.2. The van der Waals surface area contributed by atoms with Gasteiger partial charge in [0.05, 0.1) is 4.90 Å². The van der Waals surface area contributed by atoms with Crippen LogP contribution in [-0.4, -0.2) is 15.5 Å². The van der Waals surface area contributed by atoms with Gasteiger partial charge in [-0.25, -0.2) is 8.42 Å². The number of sulfonamides is 1. The van der Waals surface area contributed by atoms with Gasteiger partial charge in [-0.15, -0.1) is 0 Å². The van der Waals surface area contributed by atoms with Crippen LogP contribution in [0, 0.1) is 6.92 Å². The van der Waals surface area contributed by atoms with Crippen LogP contribution in [0.2, 0.25) is 0 Å². The highest BCUT2D eigenvalue weighted by Crippen LogP contribution is 2.18. The second-order valence-corrected chi connectivity index (χ2v) is 5.93. The summed E-state index contributed by atoms with van der Waals surface area (Å²) in [6.07, 6.45) is 0. The number of hydrogen-bond acceptors (Lipinski definition) is 3. The summed E-state index contributed by atoms with van der Waals surface area (Å²) in [5.74, 6) is 0. The van der Waals surface area contributed by atoms with E-state index < -0.39 is 10.0 Å². The van der Waals surface area contributed by atoms with Crippen LogP contribution in [0.1, 0.15) is 5.56 Å². The van der Waals surface area contributed by atoms with Crippen LogP contribution < -0.4 is 10.0 Å². The van der Waals surface area contributed by atoms with E-state index in [0.717, 1.165) is 11.3 Å². The Morgan fingerprint density at radius 2 is 1.37 bits per heavy atom. The lowest BCUT2D eigenvalue weighted by molar-refractivity contribution is 0.601. The van der Waals surface area contributed by atoms with Crippen molar-refractivity contribution < 1.29 is 8.42 Å². The number of anilines is 2. The molecular weight excluding hydrogens is 260 g/mol. The predicted octanol–water partition coefficient (Wildman–Crippen LogP) is 2.84. The van der Waals surface area contributed by atoms with Crippen molar-refractivity contribution in [2.24, 2.45) is 0 Å². The monoisotopic (exact) mass is 276 g/mol. The van der Waals surface area contributed by atoms with Crippen LogP contribution in [0.25, 0.3) is 0 Å². The van der Waals surface area contributed by atoms with Gasteiger partial charge in [-0.2, -0.15) is 0 Å². The third-order valence-corrected chi connectivity index (χ3v) is 4.15. The molecule has 0 radical (unpaired) electrons. The van der Waals surface area contributed by atoms with E-state index in [2.05, 4.69) is 10.0 Å². The minimum Gasteiger partial charge on any atom is -0.388 e. The van der Waals surface area contributed by atoms with E-state index in [9.17, 15) is 8.42 Å². The first-order valence-corrected chi connectivity index (χ1v) is 7.37. The van der Waals surface area contributed by atoms with Crippen LogP contribution in [-0.2, 0) is 10.0 Å². The molecule has 2 aromatic rings. The topological polar surface area (TPSA) is 58.2 Å². The highest BCUT2D eigenvalue weighted by atomic mass is 32.2. The molecule has 0 aromatic heterocycles. The number of hydrogen-bond donors (Lipinski definition) is 2. The van der Waals surface area contributed by atoms with Gasteiger partial charge in [-0.1, -0.05) is 17.7 Å². The molecule has 0 spiro atoms. The van der Waals surface area contributed by atoms with Crippen molar-refractivity contribution in [1.29, 1.82) is 0 Å². The molecule has 0 amide bonds. The summed E-state index contributed by atoms with van der Waals surface area (Å²) in [6.45, 7) is 1.95. The Kier molecular flexibility index (Phi) is 3.76. The lowest BCUT2D eigenvalue weighted by Crippen LogP contribution is -2.12. The average Bonchev–Trinajstić information content (AvgIpc) is 2.41. The Balaban J connectivity index is 2.24. The van der Waals surface area contributed by atoms with Gasteiger partial charge in [0.1, 0.15) is 0 Å². The van der Waals surface area contributed by atoms with E-state index in [0.29, 0.717) is 5.69 Å². The fourth-order valence-electron chi connectivity index (χ4n) is 1.64. The molecule has 5 heteroatoms. The zero-order valence-corrected chi connectivity index (χ0v) is 11.7. The van der Waals surface area contributed by atoms with Gasteiger partial charge >= 0.3 is 0 Å². The molecule has 100 valence electrons. The van der Waals surface area contributed by atoms with E-state index >= 15 is 0 Å². The number of benzene rings is 2. The lowest BCUT2D eigenvalue weighted by atomic mass is 10.2. The second-order valence-electron chi connectivity index (χ2n) is 4.25. The van der Waals surface area contributed by atoms with Gasteiger partial charge in [0, 0.05) is 18.4 Å². The van der Waals surface area contributed by atoms with Gasteiger partial charge in [-0.05, 0) is 43.3 Å². The van der Waals surface area contributed by atoms with Crippen molar-refractivity contribution in [1.82, 2.24) is 0 Å². The number of rotatable bonds is 4. The second kappa shape index (κ2) is 5.32. The first-order chi connectivity index (χ1) is 9.01. The number of aryl methyl sites for hydroxylation is 1. The fourth-order valence-corrected chi connectivity index (χ4v) is 2.70. The molecular formula is C14H16N2O2S. The van der Waals surface area contributed by atoms with E-state index in [-0.39, 0.29) is 4.90 Å². The third kappa shape index (κ3) is 3.26. The molecule has 0 bridgehead atoms. The van der Waals surface area contributed by atoms with Crippen molar-refractivity contribution >= 4 is 21.4 Å². The molecule has 4 nitrogen and oxygen atoms in total. The summed E-state index contributed by atoms with van der Waals surface area (Å²) in [7, 11) is -1.74. The molecule has 0 saturated heterocycles. The quantitative estimate of drug-likeness (QED) is 0.902. The largest absolute Gasteiger partial charge is 0.388 e. The minimum absolute atomic E-state index is 0.243. The van der Waals surface area contributed by atoms with Crippen molar-refractivity contribution in [2.75, 3.05) is 17.1 Å². The Hall–Kier alpha value is -2.01. The average molecular weight is 276 g/mol. The predicted molar refractivity (Wildman–Crippen MR) is 78.0 cm³/mol. The summed E-state index contributed by atoms with van der Waals surface area (Å²) in [5.41, 5.74) is 2.51. The Morgan fingerprint density at radius 1 is 0.842 bits per heavy atom. The van der Waals surface area contributed by atoms with E-state index in [1.165, 1.54) is 0 Å². The molecule has 0 heterocycles. The zero-order chi connectivity index (χ0) is 13.9. The Morgan fingerprint density at radius 3 is 1.89 bits per heavy atom. The molecule has 0 unspecified atom stereocenters. The SMILES string of the molecule is CNc1ccc(S(=O)(=O)Nc2ccc(C)cc2)cc1. The molecule has 2 rings (SSSR count). The van der Waals surface area contributed by atoms with Crippen LogP contribution >= 0.6 is 0 Å². The molecule has 0 aliphatic carbocycles. The van der Waals surface area contributed by atoms with Gasteiger partial charge in [0.15, 0.2) is 0 Å². The van der Waals surface area contributed by atoms with E-state index in [4.69, 9.17) is 0 Å². The molecule has 0 aliphatic heterocycles. The summed E-state index contributed by atoms with van der Waals surface area (Å²) in [5, 5.41) is 2.95. The van der Waals surface area contributed by atoms with Crippen molar-refractivity contribution in [3.8, 4) is 0 Å². The first kappa shape index (κ1) is 13.4. The van der Waals surface area contributed by atoms with Crippen LogP contribution in [0.4, 0.5) is 11.4 Å². The van der Waals surface area contributed by atoms with Crippen LogP contribution in [0.5, 0.6) is 0 Å². The molecule has 0 saturated carbocycles. The van der Waals surface area contributed by atoms with Gasteiger partial charge < -0.3 is 5.32 Å². The summed E-state index contributed by atoms with van der Waals surface area (Å²) in [4.78, 5) is 0.243. The normalized spacial score (nSPS) is 11.1. The van der Waals surface area contributed by atoms with Crippen LogP contribution in [0.3, 0.4) is 0 Å². The van der Waals surface area contributed by atoms with Crippen LogP contribution in [0.15, 0.2) is 53.4 Å². The zero-order valence-electron chi connectivity index (χ0n) is 10.8. The van der Waals surface area contributed by atoms with E-state index in [1.807, 2.05) is 19.1 Å².